The molecule has 2 unspecified atom stereocenters. The van der Waals surface area contributed by atoms with E-state index in [9.17, 15) is 18.6 Å². The Hall–Kier alpha value is -2.57. The summed E-state index contributed by atoms with van der Waals surface area (Å²) in [4.78, 5) is 40.1. The third kappa shape index (κ3) is 5.08. The van der Waals surface area contributed by atoms with Crippen molar-refractivity contribution in [2.75, 3.05) is 11.5 Å². The van der Waals surface area contributed by atoms with Gasteiger partial charge in [0.25, 0.3) is 11.8 Å². The molecule has 34 heavy (non-hydrogen) atoms. The molecule has 2 amide bonds. The van der Waals surface area contributed by atoms with Crippen LogP contribution >= 0.6 is 23.1 Å². The number of fused-ring (bicyclic) bond motifs is 1. The second kappa shape index (κ2) is 9.59. The van der Waals surface area contributed by atoms with Gasteiger partial charge in [-0.05, 0) is 45.4 Å². The maximum Gasteiger partial charge on any atom is 0.355 e. The van der Waals surface area contributed by atoms with E-state index in [0.717, 1.165) is 5.01 Å². The number of carbonyl (C=O) groups excluding carboxylic acids is 3. The van der Waals surface area contributed by atoms with Gasteiger partial charge in [-0.2, -0.15) is 0 Å². The minimum Gasteiger partial charge on any atom is -0.455 e. The summed E-state index contributed by atoms with van der Waals surface area (Å²) in [7, 11) is -1.52. The highest BCUT2D eigenvalue weighted by atomic mass is 32.2. The van der Waals surface area contributed by atoms with Crippen LogP contribution in [0, 0.1) is 6.92 Å². The number of thioether (sulfide) groups is 1. The van der Waals surface area contributed by atoms with E-state index in [2.05, 4.69) is 15.5 Å². The van der Waals surface area contributed by atoms with Crippen LogP contribution in [-0.4, -0.2) is 65.6 Å². The second-order valence-corrected chi connectivity index (χ2v) is 12.7. The summed E-state index contributed by atoms with van der Waals surface area (Å²) in [5.41, 5.74) is 0.258. The van der Waals surface area contributed by atoms with Gasteiger partial charge in [0.2, 0.25) is 0 Å². The Kier molecular flexibility index (Phi) is 6.92. The molecule has 180 valence electrons. The molecule has 1 aromatic heterocycles. The molecule has 0 radical (unpaired) electrons. The van der Waals surface area contributed by atoms with Crippen LogP contribution in [0.5, 0.6) is 0 Å². The van der Waals surface area contributed by atoms with Gasteiger partial charge in [0.05, 0.1) is 16.6 Å². The standard InChI is InChI=1S/C22H24N4O5S3/c1-12-24-25-21(33-12)32-10-14-11-34(30)19-15(23-17(27)13-8-6-5-7-9-13)18(28)26(19)16(14)20(29)31-22(2,3)4/h5-9,15,19H,10-11H2,1-4H3,(H,23,27)/t15?,19-,34?/m0/s1. The molecule has 12 heteroatoms. The molecule has 3 atom stereocenters. The van der Waals surface area contributed by atoms with Crippen LogP contribution in [-0.2, 0) is 25.1 Å². The Morgan fingerprint density at radius 2 is 1.97 bits per heavy atom. The van der Waals surface area contributed by atoms with Crippen LogP contribution < -0.4 is 5.32 Å². The first-order chi connectivity index (χ1) is 16.0. The first-order valence-corrected chi connectivity index (χ1v) is 13.7. The number of β-lactam (4-membered cyclic amide) rings is 1. The minimum absolute atomic E-state index is 0.0888. The van der Waals surface area contributed by atoms with Gasteiger partial charge >= 0.3 is 5.97 Å². The number of ether oxygens (including phenoxy) is 1. The van der Waals surface area contributed by atoms with E-state index in [1.807, 2.05) is 6.92 Å². The fourth-order valence-electron chi connectivity index (χ4n) is 3.58. The smallest absolute Gasteiger partial charge is 0.355 e. The third-order valence-corrected chi connectivity index (χ3v) is 8.71. The van der Waals surface area contributed by atoms with E-state index in [4.69, 9.17) is 4.74 Å². The molecule has 9 nitrogen and oxygen atoms in total. The van der Waals surface area contributed by atoms with Crippen LogP contribution in [0.15, 0.2) is 45.9 Å². The van der Waals surface area contributed by atoms with Gasteiger partial charge in [-0.15, -0.1) is 10.2 Å². The number of aryl methyl sites for hydroxylation is 1. The van der Waals surface area contributed by atoms with Crippen molar-refractivity contribution in [2.45, 2.75) is 49.1 Å². The lowest BCUT2D eigenvalue weighted by atomic mass is 10.0. The molecule has 2 aromatic rings. The van der Waals surface area contributed by atoms with Crippen LogP contribution in [0.1, 0.15) is 36.1 Å². The zero-order valence-electron chi connectivity index (χ0n) is 19.1. The van der Waals surface area contributed by atoms with Gasteiger partial charge in [0.1, 0.15) is 27.7 Å². The molecule has 0 aliphatic carbocycles. The second-order valence-electron chi connectivity index (χ2n) is 8.77. The van der Waals surface area contributed by atoms with Crippen LogP contribution in [0.3, 0.4) is 0 Å². The van der Waals surface area contributed by atoms with Gasteiger partial charge in [-0.1, -0.05) is 41.3 Å². The van der Waals surface area contributed by atoms with Crippen LogP contribution in [0.2, 0.25) is 0 Å². The van der Waals surface area contributed by atoms with Crippen molar-refractivity contribution in [3.63, 3.8) is 0 Å². The quantitative estimate of drug-likeness (QED) is 0.350. The van der Waals surface area contributed by atoms with Crippen molar-refractivity contribution in [2.24, 2.45) is 0 Å². The van der Waals surface area contributed by atoms with Crippen molar-refractivity contribution < 1.29 is 23.3 Å². The summed E-state index contributed by atoms with van der Waals surface area (Å²) in [6.07, 6.45) is 0. The Balaban J connectivity index is 1.60. The summed E-state index contributed by atoms with van der Waals surface area (Å²) in [6, 6.07) is 7.50. The van der Waals surface area contributed by atoms with Crippen molar-refractivity contribution in [3.05, 3.63) is 52.2 Å². The lowest BCUT2D eigenvalue weighted by Crippen LogP contribution is -2.73. The lowest BCUT2D eigenvalue weighted by molar-refractivity contribution is -0.158. The predicted molar refractivity (Wildman–Crippen MR) is 130 cm³/mol. The summed E-state index contributed by atoms with van der Waals surface area (Å²) < 4.78 is 19.4. The number of rotatable bonds is 6. The maximum atomic E-state index is 13.2. The number of carbonyl (C=O) groups is 3. The number of nitrogens with zero attached hydrogens (tertiary/aromatic N) is 3. The van der Waals surface area contributed by atoms with Gasteiger partial charge in [0, 0.05) is 11.3 Å². The number of hydrogen-bond acceptors (Lipinski definition) is 9. The van der Waals surface area contributed by atoms with E-state index >= 15 is 0 Å². The first kappa shape index (κ1) is 24.6. The van der Waals surface area contributed by atoms with Crippen molar-refractivity contribution in [1.29, 1.82) is 0 Å². The summed E-state index contributed by atoms with van der Waals surface area (Å²) in [5.74, 6) is -1.18. The Labute approximate surface area is 207 Å². The van der Waals surface area contributed by atoms with E-state index in [0.29, 0.717) is 21.2 Å². The molecule has 2 aliphatic heterocycles. The van der Waals surface area contributed by atoms with E-state index in [-0.39, 0.29) is 11.4 Å². The summed E-state index contributed by atoms with van der Waals surface area (Å²) in [6.45, 7) is 7.06. The number of aromatic nitrogens is 2. The number of benzene rings is 1. The fraction of sp³-hybridized carbons (Fsp3) is 0.409. The van der Waals surface area contributed by atoms with Crippen molar-refractivity contribution >= 4 is 51.7 Å². The highest BCUT2D eigenvalue weighted by Gasteiger charge is 2.57. The largest absolute Gasteiger partial charge is 0.455 e. The number of esters is 1. The Bertz CT molecular complexity index is 1190. The maximum absolute atomic E-state index is 13.2. The molecule has 2 aliphatic rings. The van der Waals surface area contributed by atoms with Crippen LogP contribution in [0.25, 0.3) is 0 Å². The number of nitrogens with one attached hydrogen (secondary N) is 1. The van der Waals surface area contributed by atoms with Gasteiger partial charge in [0.15, 0.2) is 4.34 Å². The topological polar surface area (TPSA) is 119 Å². The molecule has 1 saturated heterocycles. The zero-order chi connectivity index (χ0) is 24.6. The normalized spacial score (nSPS) is 22.2. The lowest BCUT2D eigenvalue weighted by Gasteiger charge is -2.49. The average molecular weight is 521 g/mol. The zero-order valence-corrected chi connectivity index (χ0v) is 21.5. The predicted octanol–water partition coefficient (Wildman–Crippen LogP) is 2.26. The molecule has 1 N–H and O–H groups in total. The Morgan fingerprint density at radius 3 is 2.59 bits per heavy atom. The van der Waals surface area contributed by atoms with Crippen molar-refractivity contribution in [3.8, 4) is 0 Å². The Morgan fingerprint density at radius 1 is 1.26 bits per heavy atom. The highest BCUT2D eigenvalue weighted by molar-refractivity contribution is 8.01. The molecular formula is C22H24N4O5S3. The summed E-state index contributed by atoms with van der Waals surface area (Å²) >= 11 is 2.78. The molecule has 1 fully saturated rings. The van der Waals surface area contributed by atoms with E-state index in [1.165, 1.54) is 28.0 Å². The molecule has 0 spiro atoms. The third-order valence-electron chi connectivity index (χ3n) is 5.00. The first-order valence-electron chi connectivity index (χ1n) is 10.5. The summed E-state index contributed by atoms with van der Waals surface area (Å²) in [5, 5.41) is 10.7. The van der Waals surface area contributed by atoms with Gasteiger partial charge in [-0.25, -0.2) is 4.79 Å². The average Bonchev–Trinajstić information content (AvgIpc) is 3.19. The van der Waals surface area contributed by atoms with Gasteiger partial charge < -0.3 is 10.1 Å². The highest BCUT2D eigenvalue weighted by Crippen LogP contribution is 2.38. The van der Waals surface area contributed by atoms with Crippen molar-refractivity contribution in [1.82, 2.24) is 20.4 Å². The van der Waals surface area contributed by atoms with E-state index < -0.39 is 45.6 Å². The monoisotopic (exact) mass is 520 g/mol. The molecule has 3 heterocycles. The number of hydrogen-bond donors (Lipinski definition) is 1. The SMILES string of the molecule is Cc1nnc(SCC2=C(C(=O)OC(C)(C)C)N3C(=O)C(NC(=O)c4ccccc4)[C@@H]3S(=O)C2)s1. The molecule has 0 saturated carbocycles. The molecule has 4 rings (SSSR count). The van der Waals surface area contributed by atoms with Crippen LogP contribution in [0.4, 0.5) is 0 Å². The molecule has 0 bridgehead atoms. The molecular weight excluding hydrogens is 496 g/mol. The van der Waals surface area contributed by atoms with E-state index in [1.54, 1.807) is 51.1 Å². The minimum atomic E-state index is -1.52. The number of amides is 2. The van der Waals surface area contributed by atoms with Gasteiger partial charge in [-0.3, -0.25) is 18.7 Å². The fourth-order valence-corrected chi connectivity index (χ4v) is 7.22. The molecule has 1 aromatic carbocycles.